The fourth-order valence-electron chi connectivity index (χ4n) is 3.63. The first-order valence-corrected chi connectivity index (χ1v) is 11.7. The van der Waals surface area contributed by atoms with Crippen molar-refractivity contribution < 1.29 is 19.1 Å². The smallest absolute Gasteiger partial charge is 0.261 e. The van der Waals surface area contributed by atoms with Gasteiger partial charge in [-0.3, -0.25) is 14.9 Å². The standard InChI is InChI=1S/C24H28ClN3O4S/c1-31-13-14-32-21-10-6-5-9-18(21)22(29)28-24(33)27-17-11-12-20(25)19(15-17)23(30)26-16-7-3-2-4-8-16/h5-6,9-12,15-16H,2-4,7-8,13-14H2,1H3,(H,26,30)(H2,27,28,29,33). The number of nitrogens with one attached hydrogen (secondary N) is 3. The molecule has 0 spiro atoms. The number of para-hydroxylation sites is 1. The summed E-state index contributed by atoms with van der Waals surface area (Å²) in [4.78, 5) is 25.4. The molecule has 0 aliphatic heterocycles. The van der Waals surface area contributed by atoms with E-state index >= 15 is 0 Å². The van der Waals surface area contributed by atoms with Crippen molar-refractivity contribution in [3.05, 3.63) is 58.6 Å². The molecule has 0 saturated heterocycles. The molecule has 9 heteroatoms. The first kappa shape index (κ1) is 25.0. The minimum Gasteiger partial charge on any atom is -0.490 e. The average Bonchev–Trinajstić information content (AvgIpc) is 2.81. The fourth-order valence-corrected chi connectivity index (χ4v) is 4.05. The van der Waals surface area contributed by atoms with E-state index in [0.717, 1.165) is 25.7 Å². The molecule has 176 valence electrons. The highest BCUT2D eigenvalue weighted by atomic mass is 35.5. The van der Waals surface area contributed by atoms with E-state index in [9.17, 15) is 9.59 Å². The summed E-state index contributed by atoms with van der Waals surface area (Å²) in [7, 11) is 1.58. The Labute approximate surface area is 204 Å². The largest absolute Gasteiger partial charge is 0.490 e. The highest BCUT2D eigenvalue weighted by molar-refractivity contribution is 7.80. The van der Waals surface area contributed by atoms with Crippen LogP contribution in [0.15, 0.2) is 42.5 Å². The van der Waals surface area contributed by atoms with Gasteiger partial charge in [-0.15, -0.1) is 0 Å². The molecular weight excluding hydrogens is 462 g/mol. The van der Waals surface area contributed by atoms with Crippen molar-refractivity contribution in [2.45, 2.75) is 38.1 Å². The van der Waals surface area contributed by atoms with Crippen LogP contribution in [0.3, 0.4) is 0 Å². The summed E-state index contributed by atoms with van der Waals surface area (Å²) in [6, 6.07) is 12.0. The molecule has 1 aliphatic rings. The van der Waals surface area contributed by atoms with Crippen LogP contribution in [0.5, 0.6) is 5.75 Å². The van der Waals surface area contributed by atoms with E-state index in [1.807, 2.05) is 0 Å². The van der Waals surface area contributed by atoms with Crippen LogP contribution in [0, 0.1) is 0 Å². The maximum Gasteiger partial charge on any atom is 0.261 e. The van der Waals surface area contributed by atoms with E-state index in [2.05, 4.69) is 16.0 Å². The van der Waals surface area contributed by atoms with E-state index < -0.39 is 5.91 Å². The third-order valence-electron chi connectivity index (χ3n) is 5.31. The molecule has 2 aromatic rings. The van der Waals surface area contributed by atoms with Gasteiger partial charge in [0, 0.05) is 18.8 Å². The molecule has 0 heterocycles. The lowest BCUT2D eigenvalue weighted by molar-refractivity contribution is 0.0926. The summed E-state index contributed by atoms with van der Waals surface area (Å²) in [5.74, 6) is -0.194. The second kappa shape index (κ2) is 12.5. The van der Waals surface area contributed by atoms with Crippen molar-refractivity contribution in [2.75, 3.05) is 25.6 Å². The molecule has 0 unspecified atom stereocenters. The van der Waals surface area contributed by atoms with Gasteiger partial charge in [-0.1, -0.05) is 43.0 Å². The minimum absolute atomic E-state index is 0.0904. The Kier molecular flexibility index (Phi) is 9.47. The monoisotopic (exact) mass is 489 g/mol. The van der Waals surface area contributed by atoms with Crippen LogP contribution in [0.2, 0.25) is 5.02 Å². The zero-order chi connectivity index (χ0) is 23.6. The molecule has 33 heavy (non-hydrogen) atoms. The van der Waals surface area contributed by atoms with E-state index in [1.54, 1.807) is 49.6 Å². The van der Waals surface area contributed by atoms with Crippen molar-refractivity contribution >= 4 is 46.4 Å². The van der Waals surface area contributed by atoms with E-state index in [4.69, 9.17) is 33.3 Å². The molecule has 2 amide bonds. The van der Waals surface area contributed by atoms with Crippen molar-refractivity contribution in [2.24, 2.45) is 0 Å². The van der Waals surface area contributed by atoms with Crippen LogP contribution in [0.4, 0.5) is 5.69 Å². The number of rotatable bonds is 8. The Morgan fingerprint density at radius 2 is 1.79 bits per heavy atom. The molecule has 3 N–H and O–H groups in total. The van der Waals surface area contributed by atoms with Gasteiger partial charge in [0.2, 0.25) is 0 Å². The SMILES string of the molecule is COCCOc1ccccc1C(=O)NC(=S)Nc1ccc(Cl)c(C(=O)NC2CCCCC2)c1. The van der Waals surface area contributed by atoms with Crippen molar-refractivity contribution in [1.29, 1.82) is 0 Å². The minimum atomic E-state index is -0.412. The summed E-state index contributed by atoms with van der Waals surface area (Å²) < 4.78 is 10.6. The molecule has 0 radical (unpaired) electrons. The second-order valence-electron chi connectivity index (χ2n) is 7.75. The lowest BCUT2D eigenvalue weighted by atomic mass is 9.95. The van der Waals surface area contributed by atoms with E-state index in [0.29, 0.717) is 40.8 Å². The Morgan fingerprint density at radius 3 is 2.55 bits per heavy atom. The van der Waals surface area contributed by atoms with Gasteiger partial charge in [0.05, 0.1) is 22.8 Å². The van der Waals surface area contributed by atoms with Gasteiger partial charge in [0.1, 0.15) is 12.4 Å². The molecule has 3 rings (SSSR count). The first-order valence-electron chi connectivity index (χ1n) is 10.9. The summed E-state index contributed by atoms with van der Waals surface area (Å²) >= 11 is 11.6. The van der Waals surface area contributed by atoms with Gasteiger partial charge in [-0.25, -0.2) is 0 Å². The van der Waals surface area contributed by atoms with Gasteiger partial charge in [-0.05, 0) is 55.4 Å². The Hall–Kier alpha value is -2.68. The second-order valence-corrected chi connectivity index (χ2v) is 8.56. The molecule has 1 aliphatic carbocycles. The van der Waals surface area contributed by atoms with Crippen LogP contribution in [-0.4, -0.2) is 43.3 Å². The molecule has 0 bridgehead atoms. The summed E-state index contributed by atoms with van der Waals surface area (Å²) in [5, 5.41) is 9.09. The van der Waals surface area contributed by atoms with Crippen molar-refractivity contribution in [3.8, 4) is 5.75 Å². The normalized spacial score (nSPS) is 13.8. The third kappa shape index (κ3) is 7.42. The van der Waals surface area contributed by atoms with E-state index in [-0.39, 0.29) is 17.1 Å². The predicted molar refractivity (Wildman–Crippen MR) is 133 cm³/mol. The van der Waals surface area contributed by atoms with Crippen molar-refractivity contribution in [3.63, 3.8) is 0 Å². The van der Waals surface area contributed by atoms with Gasteiger partial charge >= 0.3 is 0 Å². The molecular formula is C24H28ClN3O4S. The number of benzene rings is 2. The average molecular weight is 490 g/mol. The number of hydrogen-bond acceptors (Lipinski definition) is 5. The number of ether oxygens (including phenoxy) is 2. The zero-order valence-electron chi connectivity index (χ0n) is 18.5. The van der Waals surface area contributed by atoms with Crippen LogP contribution < -0.4 is 20.7 Å². The number of carbonyl (C=O) groups excluding carboxylic acids is 2. The van der Waals surface area contributed by atoms with Gasteiger partial charge in [-0.2, -0.15) is 0 Å². The predicted octanol–water partition coefficient (Wildman–Crippen LogP) is 4.55. The van der Waals surface area contributed by atoms with Crippen LogP contribution in [0.25, 0.3) is 0 Å². The molecule has 2 aromatic carbocycles. The third-order valence-corrected chi connectivity index (χ3v) is 5.85. The fraction of sp³-hybridized carbons (Fsp3) is 0.375. The number of hydrogen-bond donors (Lipinski definition) is 3. The lowest BCUT2D eigenvalue weighted by Gasteiger charge is -2.23. The number of thiocarbonyl (C=S) groups is 1. The molecule has 7 nitrogen and oxygen atoms in total. The highest BCUT2D eigenvalue weighted by Crippen LogP contribution is 2.23. The van der Waals surface area contributed by atoms with Crippen LogP contribution in [0.1, 0.15) is 52.8 Å². The van der Waals surface area contributed by atoms with Gasteiger partial charge in [0.15, 0.2) is 5.11 Å². The summed E-state index contributed by atoms with van der Waals surface area (Å²) in [5.41, 5.74) is 1.25. The maximum atomic E-state index is 12.7. The van der Waals surface area contributed by atoms with Gasteiger partial charge in [0.25, 0.3) is 11.8 Å². The number of methoxy groups -OCH3 is 1. The Bertz CT molecular complexity index is 995. The lowest BCUT2D eigenvalue weighted by Crippen LogP contribution is -2.36. The summed E-state index contributed by atoms with van der Waals surface area (Å²) in [6.45, 7) is 0.725. The van der Waals surface area contributed by atoms with Crippen LogP contribution >= 0.6 is 23.8 Å². The number of amides is 2. The van der Waals surface area contributed by atoms with Crippen LogP contribution in [-0.2, 0) is 4.74 Å². The maximum absolute atomic E-state index is 12.7. The number of anilines is 1. The number of halogens is 1. The topological polar surface area (TPSA) is 88.7 Å². The van der Waals surface area contributed by atoms with Crippen molar-refractivity contribution in [1.82, 2.24) is 10.6 Å². The zero-order valence-corrected chi connectivity index (χ0v) is 20.1. The molecule has 1 fully saturated rings. The van der Waals surface area contributed by atoms with Gasteiger partial charge < -0.3 is 20.1 Å². The Morgan fingerprint density at radius 1 is 1.03 bits per heavy atom. The molecule has 0 aromatic heterocycles. The Balaban J connectivity index is 1.62. The van der Waals surface area contributed by atoms with E-state index in [1.165, 1.54) is 6.42 Å². The molecule has 1 saturated carbocycles. The summed E-state index contributed by atoms with van der Waals surface area (Å²) in [6.07, 6.45) is 5.41. The highest BCUT2D eigenvalue weighted by Gasteiger charge is 2.19. The first-order chi connectivity index (χ1) is 16.0. The quantitative estimate of drug-likeness (QED) is 0.372. The molecule has 0 atom stereocenters. The number of carbonyl (C=O) groups is 2.